The van der Waals surface area contributed by atoms with E-state index in [0.29, 0.717) is 18.2 Å². The Labute approximate surface area is 95.5 Å². The Morgan fingerprint density at radius 3 is 2.50 bits per heavy atom. The second-order valence-corrected chi connectivity index (χ2v) is 4.09. The molecule has 0 aliphatic carbocycles. The maximum atomic E-state index is 5.30. The van der Waals surface area contributed by atoms with Gasteiger partial charge in [-0.15, -0.1) is 0 Å². The standard InChI is InChI=1S/C11H18N2O3/c1-11(2,7-16-12)9-8(14-3)5-6-13-10(9)15-4/h5-6H,7,12H2,1-4H3. The van der Waals surface area contributed by atoms with Gasteiger partial charge in [0.05, 0.1) is 26.4 Å². The van der Waals surface area contributed by atoms with E-state index in [9.17, 15) is 0 Å². The van der Waals surface area contributed by atoms with Gasteiger partial charge >= 0.3 is 0 Å². The number of hydrogen-bond acceptors (Lipinski definition) is 5. The number of aromatic nitrogens is 1. The maximum Gasteiger partial charge on any atom is 0.220 e. The summed E-state index contributed by atoms with van der Waals surface area (Å²) < 4.78 is 10.5. The Hall–Kier alpha value is -1.33. The lowest BCUT2D eigenvalue weighted by molar-refractivity contribution is 0.0940. The number of nitrogens with zero attached hydrogens (tertiary/aromatic N) is 1. The zero-order valence-electron chi connectivity index (χ0n) is 10.1. The molecule has 0 spiro atoms. The fourth-order valence-corrected chi connectivity index (χ4v) is 1.65. The summed E-state index contributed by atoms with van der Waals surface area (Å²) in [6, 6.07) is 1.79. The van der Waals surface area contributed by atoms with Gasteiger partial charge in [0.15, 0.2) is 0 Å². The Balaban J connectivity index is 3.27. The predicted octanol–water partition coefficient (Wildman–Crippen LogP) is 1.27. The Morgan fingerprint density at radius 1 is 1.31 bits per heavy atom. The molecule has 0 aliphatic heterocycles. The van der Waals surface area contributed by atoms with Gasteiger partial charge in [-0.25, -0.2) is 10.9 Å². The molecular formula is C11H18N2O3. The van der Waals surface area contributed by atoms with Crippen LogP contribution in [-0.4, -0.2) is 25.8 Å². The number of hydrogen-bond donors (Lipinski definition) is 1. The highest BCUT2D eigenvalue weighted by Crippen LogP contribution is 2.37. The van der Waals surface area contributed by atoms with Crippen LogP contribution in [-0.2, 0) is 10.3 Å². The van der Waals surface area contributed by atoms with Crippen molar-refractivity contribution in [1.82, 2.24) is 4.98 Å². The van der Waals surface area contributed by atoms with Crippen molar-refractivity contribution in [3.63, 3.8) is 0 Å². The van der Waals surface area contributed by atoms with Crippen LogP contribution in [0.25, 0.3) is 0 Å². The summed E-state index contributed by atoms with van der Waals surface area (Å²) in [4.78, 5) is 8.88. The van der Waals surface area contributed by atoms with Crippen molar-refractivity contribution in [2.75, 3.05) is 20.8 Å². The van der Waals surface area contributed by atoms with Crippen molar-refractivity contribution in [1.29, 1.82) is 0 Å². The lowest BCUT2D eigenvalue weighted by Crippen LogP contribution is -2.27. The maximum absolute atomic E-state index is 5.30. The summed E-state index contributed by atoms with van der Waals surface area (Å²) in [5.74, 6) is 6.38. The minimum absolute atomic E-state index is 0.334. The molecule has 16 heavy (non-hydrogen) atoms. The van der Waals surface area contributed by atoms with Crippen LogP contribution >= 0.6 is 0 Å². The van der Waals surface area contributed by atoms with Crippen molar-refractivity contribution in [2.45, 2.75) is 19.3 Å². The first-order valence-electron chi connectivity index (χ1n) is 4.96. The van der Waals surface area contributed by atoms with Crippen LogP contribution in [0.5, 0.6) is 11.6 Å². The molecule has 0 aliphatic rings. The molecule has 0 aromatic carbocycles. The fourth-order valence-electron chi connectivity index (χ4n) is 1.65. The fraction of sp³-hybridized carbons (Fsp3) is 0.545. The van der Waals surface area contributed by atoms with Crippen molar-refractivity contribution in [2.24, 2.45) is 5.90 Å². The Bertz CT molecular complexity index is 331. The highest BCUT2D eigenvalue weighted by Gasteiger charge is 2.29. The number of rotatable bonds is 5. The number of pyridine rings is 1. The Morgan fingerprint density at radius 2 is 2.00 bits per heavy atom. The average molecular weight is 226 g/mol. The topological polar surface area (TPSA) is 66.6 Å². The molecule has 1 aromatic heterocycles. The highest BCUT2D eigenvalue weighted by molar-refractivity contribution is 5.45. The summed E-state index contributed by atoms with van der Waals surface area (Å²) in [5, 5.41) is 0. The molecule has 0 bridgehead atoms. The highest BCUT2D eigenvalue weighted by atomic mass is 16.6. The van der Waals surface area contributed by atoms with E-state index in [1.54, 1.807) is 26.5 Å². The van der Waals surface area contributed by atoms with Gasteiger partial charge in [-0.05, 0) is 6.07 Å². The minimum Gasteiger partial charge on any atom is -0.496 e. The first-order valence-corrected chi connectivity index (χ1v) is 4.96. The van der Waals surface area contributed by atoms with Crippen molar-refractivity contribution in [3.8, 4) is 11.6 Å². The summed E-state index contributed by atoms with van der Waals surface area (Å²) in [7, 11) is 3.18. The molecule has 1 rings (SSSR count). The lowest BCUT2D eigenvalue weighted by atomic mass is 9.85. The quantitative estimate of drug-likeness (QED) is 0.766. The van der Waals surface area contributed by atoms with Gasteiger partial charge in [-0.3, -0.25) is 0 Å². The van der Waals surface area contributed by atoms with Crippen LogP contribution in [0.2, 0.25) is 0 Å². The van der Waals surface area contributed by atoms with Gasteiger partial charge in [0.2, 0.25) is 5.88 Å². The van der Waals surface area contributed by atoms with Gasteiger partial charge < -0.3 is 14.3 Å². The van der Waals surface area contributed by atoms with Crippen LogP contribution in [0.4, 0.5) is 0 Å². The largest absolute Gasteiger partial charge is 0.496 e. The molecule has 0 amide bonds. The van der Waals surface area contributed by atoms with E-state index in [1.165, 1.54) is 0 Å². The molecule has 0 saturated carbocycles. The number of ether oxygens (including phenoxy) is 2. The first-order chi connectivity index (χ1) is 7.56. The molecule has 0 radical (unpaired) electrons. The second-order valence-electron chi connectivity index (χ2n) is 4.09. The third-order valence-corrected chi connectivity index (χ3v) is 2.41. The SMILES string of the molecule is COc1ccnc(OC)c1C(C)(C)CON. The summed E-state index contributed by atoms with van der Waals surface area (Å²) in [5.41, 5.74) is 0.519. The van der Waals surface area contributed by atoms with Gasteiger partial charge in [-0.1, -0.05) is 13.8 Å². The van der Waals surface area contributed by atoms with Crippen LogP contribution in [0.1, 0.15) is 19.4 Å². The molecule has 90 valence electrons. The zero-order valence-corrected chi connectivity index (χ0v) is 10.1. The average Bonchev–Trinajstić information content (AvgIpc) is 2.27. The molecule has 0 atom stereocenters. The van der Waals surface area contributed by atoms with Gasteiger partial charge in [0.25, 0.3) is 0 Å². The van der Waals surface area contributed by atoms with Crippen molar-refractivity contribution >= 4 is 0 Å². The van der Waals surface area contributed by atoms with E-state index in [0.717, 1.165) is 5.56 Å². The molecule has 0 saturated heterocycles. The van der Waals surface area contributed by atoms with E-state index >= 15 is 0 Å². The van der Waals surface area contributed by atoms with Crippen LogP contribution in [0.3, 0.4) is 0 Å². The van der Waals surface area contributed by atoms with Crippen LogP contribution in [0.15, 0.2) is 12.3 Å². The van der Waals surface area contributed by atoms with E-state index in [-0.39, 0.29) is 5.41 Å². The van der Waals surface area contributed by atoms with Gasteiger partial charge in [-0.2, -0.15) is 0 Å². The van der Waals surface area contributed by atoms with Crippen LogP contribution in [0, 0.1) is 0 Å². The van der Waals surface area contributed by atoms with Crippen molar-refractivity contribution < 1.29 is 14.3 Å². The lowest BCUT2D eigenvalue weighted by Gasteiger charge is -2.26. The smallest absolute Gasteiger partial charge is 0.220 e. The molecule has 0 fully saturated rings. The number of methoxy groups -OCH3 is 2. The zero-order chi connectivity index (χ0) is 12.2. The Kier molecular flexibility index (Phi) is 4.09. The first kappa shape index (κ1) is 12.7. The molecule has 0 unspecified atom stereocenters. The number of nitrogens with two attached hydrogens (primary N) is 1. The molecule has 1 aromatic rings. The molecular weight excluding hydrogens is 208 g/mol. The van der Waals surface area contributed by atoms with E-state index in [2.05, 4.69) is 4.98 Å². The summed E-state index contributed by atoms with van der Waals surface area (Å²) >= 11 is 0. The van der Waals surface area contributed by atoms with E-state index in [1.807, 2.05) is 13.8 Å². The monoisotopic (exact) mass is 226 g/mol. The normalized spacial score (nSPS) is 11.3. The predicted molar refractivity (Wildman–Crippen MR) is 60.5 cm³/mol. The van der Waals surface area contributed by atoms with Gasteiger partial charge in [0.1, 0.15) is 5.75 Å². The summed E-state index contributed by atoms with van der Waals surface area (Å²) in [6.45, 7) is 4.33. The molecule has 1 heterocycles. The molecule has 5 heteroatoms. The third-order valence-electron chi connectivity index (χ3n) is 2.41. The van der Waals surface area contributed by atoms with Gasteiger partial charge in [0, 0.05) is 11.6 Å². The van der Waals surface area contributed by atoms with E-state index in [4.69, 9.17) is 20.2 Å². The molecule has 5 nitrogen and oxygen atoms in total. The minimum atomic E-state index is -0.334. The third kappa shape index (κ3) is 2.43. The molecule has 2 N–H and O–H groups in total. The second kappa shape index (κ2) is 5.14. The van der Waals surface area contributed by atoms with Crippen LogP contribution < -0.4 is 15.4 Å². The summed E-state index contributed by atoms with van der Waals surface area (Å²) in [6.07, 6.45) is 1.64. The van der Waals surface area contributed by atoms with E-state index < -0.39 is 0 Å². The van der Waals surface area contributed by atoms with Crippen molar-refractivity contribution in [3.05, 3.63) is 17.8 Å².